The molecule has 2 aromatic heterocycles. The van der Waals surface area contributed by atoms with Crippen LogP contribution in [0.15, 0.2) is 191 Å². The Balaban J connectivity index is 1.01. The molecule has 1 aliphatic carbocycles. The molecule has 1 aliphatic rings. The molecule has 0 unspecified atom stereocenters. The molecule has 2 heterocycles. The monoisotopic (exact) mass is 720 g/mol. The van der Waals surface area contributed by atoms with Crippen molar-refractivity contribution < 1.29 is 8.83 Å². The normalized spacial score (nSPS) is 13.0. The third-order valence-corrected chi connectivity index (χ3v) is 11.5. The molecule has 0 saturated carbocycles. The molecule has 0 radical (unpaired) electrons. The Morgan fingerprint density at radius 3 is 1.88 bits per heavy atom. The second-order valence-corrected chi connectivity index (χ2v) is 15.2. The van der Waals surface area contributed by atoms with Gasteiger partial charge in [-0.05, 0) is 99.6 Å². The van der Waals surface area contributed by atoms with Crippen molar-refractivity contribution >= 4 is 50.1 Å². The van der Waals surface area contributed by atoms with Gasteiger partial charge in [-0.1, -0.05) is 129 Å². The Kier molecular flexibility index (Phi) is 7.17. The van der Waals surface area contributed by atoms with E-state index in [0.717, 1.165) is 61.2 Å². The summed E-state index contributed by atoms with van der Waals surface area (Å²) in [5, 5.41) is 2.07. The Hall–Kier alpha value is -7.17. The Morgan fingerprint density at radius 1 is 0.429 bits per heavy atom. The van der Waals surface area contributed by atoms with Crippen molar-refractivity contribution in [3.05, 3.63) is 193 Å². The maximum Gasteiger partial charge on any atom is 0.227 e. The van der Waals surface area contributed by atoms with E-state index in [-0.39, 0.29) is 5.41 Å². The van der Waals surface area contributed by atoms with E-state index in [1.54, 1.807) is 0 Å². The summed E-state index contributed by atoms with van der Waals surface area (Å²) in [7, 11) is 0. The Morgan fingerprint density at radius 2 is 1.07 bits per heavy atom. The van der Waals surface area contributed by atoms with Crippen LogP contribution in [0, 0.1) is 0 Å². The fraction of sp³-hybridized carbons (Fsp3) is 0.0577. The predicted molar refractivity (Wildman–Crippen MR) is 230 cm³/mol. The predicted octanol–water partition coefficient (Wildman–Crippen LogP) is 14.5. The molecule has 0 aliphatic heterocycles. The van der Waals surface area contributed by atoms with Crippen molar-refractivity contribution in [1.82, 2.24) is 4.98 Å². The number of oxazole rings is 1. The van der Waals surface area contributed by atoms with E-state index in [0.29, 0.717) is 11.5 Å². The van der Waals surface area contributed by atoms with E-state index in [4.69, 9.17) is 13.8 Å². The number of hydrogen-bond donors (Lipinski definition) is 0. The molecule has 11 rings (SSSR count). The summed E-state index contributed by atoms with van der Waals surface area (Å²) in [5.74, 6) is 0.604. The van der Waals surface area contributed by atoms with Crippen LogP contribution in [0.5, 0.6) is 0 Å². The van der Waals surface area contributed by atoms with Crippen molar-refractivity contribution in [3.63, 3.8) is 0 Å². The highest BCUT2D eigenvalue weighted by molar-refractivity contribution is 6.10. The molecule has 0 N–H and O–H groups in total. The molecular weight excluding hydrogens is 685 g/mol. The molecule has 0 atom stereocenters. The first-order valence-electron chi connectivity index (χ1n) is 19.1. The summed E-state index contributed by atoms with van der Waals surface area (Å²) in [6, 6.07) is 64.6. The van der Waals surface area contributed by atoms with Crippen LogP contribution in [0.1, 0.15) is 25.0 Å². The van der Waals surface area contributed by atoms with Crippen molar-refractivity contribution in [1.29, 1.82) is 0 Å². The van der Waals surface area contributed by atoms with Gasteiger partial charge in [0.25, 0.3) is 0 Å². The van der Waals surface area contributed by atoms with E-state index in [2.05, 4.69) is 164 Å². The zero-order chi connectivity index (χ0) is 37.4. The lowest BCUT2D eigenvalue weighted by molar-refractivity contribution is 0.617. The number of anilines is 3. The number of fused-ring (bicyclic) bond motifs is 7. The average Bonchev–Trinajstić information content (AvgIpc) is 3.90. The summed E-state index contributed by atoms with van der Waals surface area (Å²) in [6.45, 7) is 4.68. The highest BCUT2D eigenvalue weighted by atomic mass is 16.4. The van der Waals surface area contributed by atoms with Gasteiger partial charge in [0.2, 0.25) is 5.89 Å². The van der Waals surface area contributed by atoms with E-state index in [9.17, 15) is 0 Å². The molecular formula is C52H36N2O2. The smallest absolute Gasteiger partial charge is 0.227 e. The third-order valence-electron chi connectivity index (χ3n) is 11.5. The van der Waals surface area contributed by atoms with Crippen LogP contribution < -0.4 is 4.90 Å². The van der Waals surface area contributed by atoms with Crippen LogP contribution in [0.2, 0.25) is 0 Å². The Bertz CT molecular complexity index is 3100. The second kappa shape index (κ2) is 12.4. The van der Waals surface area contributed by atoms with Gasteiger partial charge in [-0.3, -0.25) is 0 Å². The van der Waals surface area contributed by atoms with Crippen molar-refractivity contribution in [2.24, 2.45) is 0 Å². The van der Waals surface area contributed by atoms with Crippen LogP contribution >= 0.6 is 0 Å². The minimum absolute atomic E-state index is 0.115. The minimum atomic E-state index is -0.115. The molecule has 0 spiro atoms. The van der Waals surface area contributed by atoms with Gasteiger partial charge in [-0.15, -0.1) is 0 Å². The lowest BCUT2D eigenvalue weighted by atomic mass is 9.82. The van der Waals surface area contributed by atoms with Gasteiger partial charge in [0.05, 0.1) is 5.69 Å². The van der Waals surface area contributed by atoms with Crippen molar-refractivity contribution in [2.45, 2.75) is 19.3 Å². The zero-order valence-electron chi connectivity index (χ0n) is 31.0. The molecule has 0 bridgehead atoms. The fourth-order valence-corrected chi connectivity index (χ4v) is 8.67. The van der Waals surface area contributed by atoms with Gasteiger partial charge >= 0.3 is 0 Å². The number of nitrogens with zero attached hydrogens (tertiary/aromatic N) is 2. The topological polar surface area (TPSA) is 42.4 Å². The van der Waals surface area contributed by atoms with Gasteiger partial charge in [0.1, 0.15) is 16.7 Å². The zero-order valence-corrected chi connectivity index (χ0v) is 31.0. The molecule has 0 saturated heterocycles. The Labute approximate surface area is 324 Å². The summed E-state index contributed by atoms with van der Waals surface area (Å²) in [4.78, 5) is 7.23. The number of hydrogen-bond acceptors (Lipinski definition) is 4. The quantitative estimate of drug-likeness (QED) is 0.171. The highest BCUT2D eigenvalue weighted by Crippen LogP contribution is 2.51. The molecule has 0 amide bonds. The van der Waals surface area contributed by atoms with Gasteiger partial charge in [-0.25, -0.2) is 4.98 Å². The fourth-order valence-electron chi connectivity index (χ4n) is 8.67. The molecule has 0 fully saturated rings. The first-order valence-corrected chi connectivity index (χ1v) is 19.1. The molecule has 10 aromatic rings. The molecule has 4 heteroatoms. The number of para-hydroxylation sites is 1. The number of furan rings is 1. The van der Waals surface area contributed by atoms with E-state index < -0.39 is 0 Å². The first-order chi connectivity index (χ1) is 27.5. The number of rotatable bonds is 6. The lowest BCUT2D eigenvalue weighted by Gasteiger charge is -2.30. The summed E-state index contributed by atoms with van der Waals surface area (Å²) in [6.07, 6.45) is 0. The van der Waals surface area contributed by atoms with Crippen LogP contribution in [0.3, 0.4) is 0 Å². The SMILES string of the molecule is CC1(C)c2ccccc2-c2ccc(N(c3ccc(-c4ccc5oc6cc7oc(-c8ccccc8)nc7cc6c5c4)cc3)c3ccccc3-c3ccccc3)cc21. The van der Waals surface area contributed by atoms with E-state index in [1.165, 1.54) is 33.4 Å². The number of aromatic nitrogens is 1. The van der Waals surface area contributed by atoms with Crippen LogP contribution in [0.25, 0.3) is 77.9 Å². The first kappa shape index (κ1) is 32.3. The minimum Gasteiger partial charge on any atom is -0.456 e. The number of benzene rings is 8. The van der Waals surface area contributed by atoms with Gasteiger partial charge in [0, 0.05) is 44.8 Å². The summed E-state index contributed by atoms with van der Waals surface area (Å²) < 4.78 is 12.5. The second-order valence-electron chi connectivity index (χ2n) is 15.2. The molecule has 266 valence electrons. The maximum atomic E-state index is 6.34. The molecule has 8 aromatic carbocycles. The standard InChI is InChI=1S/C52H36N2O2/c1-52(2)44-19-11-9-18-40(44)41-27-26-38(30-45(41)52)54(47-20-12-10-17-39(47)34-13-5-3-6-14-34)37-24-21-33(22-25-37)36-23-28-48-42(29-36)43-31-46-50(32-49(43)55-48)56-51(53-46)35-15-7-4-8-16-35/h3-32H,1-2H3. The van der Waals surface area contributed by atoms with Crippen LogP contribution in [0.4, 0.5) is 17.1 Å². The maximum absolute atomic E-state index is 6.34. The van der Waals surface area contributed by atoms with E-state index in [1.807, 2.05) is 36.4 Å². The summed E-state index contributed by atoms with van der Waals surface area (Å²) >= 11 is 0. The third kappa shape index (κ3) is 5.10. The van der Waals surface area contributed by atoms with Crippen molar-refractivity contribution in [3.8, 4) is 44.8 Å². The van der Waals surface area contributed by atoms with Crippen LogP contribution in [-0.4, -0.2) is 4.98 Å². The van der Waals surface area contributed by atoms with Gasteiger partial charge in [-0.2, -0.15) is 0 Å². The molecule has 4 nitrogen and oxygen atoms in total. The van der Waals surface area contributed by atoms with E-state index >= 15 is 0 Å². The van der Waals surface area contributed by atoms with Gasteiger partial charge in [0.15, 0.2) is 5.58 Å². The van der Waals surface area contributed by atoms with Gasteiger partial charge < -0.3 is 13.7 Å². The summed E-state index contributed by atoms with van der Waals surface area (Å²) in [5.41, 5.74) is 17.2. The highest BCUT2D eigenvalue weighted by Gasteiger charge is 2.36. The molecule has 56 heavy (non-hydrogen) atoms. The largest absolute Gasteiger partial charge is 0.456 e. The lowest BCUT2D eigenvalue weighted by Crippen LogP contribution is -2.16. The van der Waals surface area contributed by atoms with Crippen molar-refractivity contribution in [2.75, 3.05) is 4.90 Å². The van der Waals surface area contributed by atoms with Crippen LogP contribution in [-0.2, 0) is 5.41 Å². The average molecular weight is 721 g/mol.